The van der Waals surface area contributed by atoms with Crippen LogP contribution in [0.4, 0.5) is 11.4 Å². The molecule has 17 heavy (non-hydrogen) atoms. The molecule has 1 aromatic carbocycles. The molecule has 0 aliphatic carbocycles. The zero-order valence-corrected chi connectivity index (χ0v) is 12.2. The number of nitrogens with one attached hydrogen (secondary N) is 1. The molecule has 96 valence electrons. The van der Waals surface area contributed by atoms with E-state index in [1.54, 1.807) is 0 Å². The summed E-state index contributed by atoms with van der Waals surface area (Å²) in [4.78, 5) is 2.10. The molecule has 0 spiro atoms. The van der Waals surface area contributed by atoms with Crippen LogP contribution >= 0.6 is 11.6 Å². The van der Waals surface area contributed by atoms with Crippen molar-refractivity contribution < 1.29 is 0 Å². The normalized spacial score (nSPS) is 14.2. The minimum absolute atomic E-state index is 0.442. The third-order valence-corrected chi connectivity index (χ3v) is 3.56. The van der Waals surface area contributed by atoms with Crippen LogP contribution in [0.25, 0.3) is 0 Å². The first kappa shape index (κ1) is 14.2. The fourth-order valence-electron chi connectivity index (χ4n) is 1.75. The summed E-state index contributed by atoms with van der Waals surface area (Å²) < 4.78 is 0. The first-order valence-corrected chi connectivity index (χ1v) is 6.57. The average Bonchev–Trinajstić information content (AvgIpc) is 2.27. The molecule has 1 N–H and O–H groups in total. The molecule has 2 nitrogen and oxygen atoms in total. The van der Waals surface area contributed by atoms with Gasteiger partial charge in [-0.1, -0.05) is 31.9 Å². The lowest BCUT2D eigenvalue weighted by Crippen LogP contribution is -2.24. The summed E-state index contributed by atoms with van der Waals surface area (Å²) in [6.07, 6.45) is 1.17. The summed E-state index contributed by atoms with van der Waals surface area (Å²) in [6, 6.07) is 6.41. The summed E-state index contributed by atoms with van der Waals surface area (Å²) in [5.41, 5.74) is 2.28. The summed E-state index contributed by atoms with van der Waals surface area (Å²) in [6.45, 7) is 6.69. The van der Waals surface area contributed by atoms with Gasteiger partial charge in [-0.2, -0.15) is 0 Å². The summed E-state index contributed by atoms with van der Waals surface area (Å²) in [5, 5.41) is 4.33. The molecule has 0 saturated heterocycles. The van der Waals surface area contributed by atoms with Crippen LogP contribution in [0.15, 0.2) is 18.2 Å². The molecule has 0 radical (unpaired) electrons. The van der Waals surface area contributed by atoms with Gasteiger partial charge < -0.3 is 10.2 Å². The van der Waals surface area contributed by atoms with Crippen LogP contribution in [0.1, 0.15) is 27.2 Å². The van der Waals surface area contributed by atoms with Crippen LogP contribution in [0.2, 0.25) is 5.02 Å². The average molecular weight is 255 g/mol. The molecule has 0 bridgehead atoms. The Hall–Kier alpha value is -0.890. The van der Waals surface area contributed by atoms with Crippen LogP contribution in [-0.2, 0) is 0 Å². The van der Waals surface area contributed by atoms with Crippen LogP contribution in [0.3, 0.4) is 0 Å². The van der Waals surface area contributed by atoms with E-state index in [4.69, 9.17) is 11.6 Å². The number of benzene rings is 1. The summed E-state index contributed by atoms with van der Waals surface area (Å²) in [5.74, 6) is 0.643. The van der Waals surface area contributed by atoms with Gasteiger partial charge in [-0.05, 0) is 31.0 Å². The van der Waals surface area contributed by atoms with Crippen molar-refractivity contribution in [2.45, 2.75) is 33.2 Å². The van der Waals surface area contributed by atoms with Crippen molar-refractivity contribution in [2.24, 2.45) is 5.92 Å². The van der Waals surface area contributed by atoms with Gasteiger partial charge in [0.25, 0.3) is 0 Å². The minimum atomic E-state index is 0.442. The molecule has 2 atom stereocenters. The van der Waals surface area contributed by atoms with Crippen molar-refractivity contribution in [3.05, 3.63) is 23.2 Å². The topological polar surface area (TPSA) is 15.3 Å². The van der Waals surface area contributed by atoms with E-state index in [0.29, 0.717) is 12.0 Å². The van der Waals surface area contributed by atoms with E-state index in [-0.39, 0.29) is 0 Å². The lowest BCUT2D eigenvalue weighted by molar-refractivity contribution is 0.495. The maximum atomic E-state index is 6.06. The first-order chi connectivity index (χ1) is 7.95. The second-order valence-electron chi connectivity index (χ2n) is 4.87. The van der Waals surface area contributed by atoms with Gasteiger partial charge in [0.1, 0.15) is 0 Å². The Balaban J connectivity index is 2.92. The SMILES string of the molecule is CCC(C)C(C)Nc1cc(Cl)ccc1N(C)C. The van der Waals surface area contributed by atoms with E-state index in [0.717, 1.165) is 10.7 Å². The number of rotatable bonds is 5. The summed E-state index contributed by atoms with van der Waals surface area (Å²) in [7, 11) is 4.09. The third kappa shape index (κ3) is 3.81. The van der Waals surface area contributed by atoms with Gasteiger partial charge in [0.15, 0.2) is 0 Å². The van der Waals surface area contributed by atoms with Gasteiger partial charge in [0, 0.05) is 25.2 Å². The number of halogens is 1. The zero-order valence-electron chi connectivity index (χ0n) is 11.4. The quantitative estimate of drug-likeness (QED) is 0.845. The van der Waals surface area contributed by atoms with E-state index < -0.39 is 0 Å². The minimum Gasteiger partial charge on any atom is -0.381 e. The van der Waals surface area contributed by atoms with Crippen molar-refractivity contribution >= 4 is 23.0 Å². The predicted octanol–water partition coefficient (Wildman–Crippen LogP) is 4.25. The van der Waals surface area contributed by atoms with Crippen LogP contribution < -0.4 is 10.2 Å². The second kappa shape index (κ2) is 6.15. The van der Waals surface area contributed by atoms with E-state index in [1.807, 2.05) is 32.3 Å². The molecule has 0 heterocycles. The molecule has 0 amide bonds. The highest BCUT2D eigenvalue weighted by Crippen LogP contribution is 2.29. The van der Waals surface area contributed by atoms with E-state index >= 15 is 0 Å². The highest BCUT2D eigenvalue weighted by atomic mass is 35.5. The Morgan fingerprint density at radius 1 is 1.29 bits per heavy atom. The molecule has 1 rings (SSSR count). The smallest absolute Gasteiger partial charge is 0.0597 e. The number of hydrogen-bond donors (Lipinski definition) is 1. The van der Waals surface area contributed by atoms with Crippen molar-refractivity contribution in [1.82, 2.24) is 0 Å². The van der Waals surface area contributed by atoms with Crippen molar-refractivity contribution in [2.75, 3.05) is 24.3 Å². The van der Waals surface area contributed by atoms with Crippen LogP contribution in [-0.4, -0.2) is 20.1 Å². The monoisotopic (exact) mass is 254 g/mol. The van der Waals surface area contributed by atoms with E-state index in [9.17, 15) is 0 Å². The third-order valence-electron chi connectivity index (χ3n) is 3.32. The Kier molecular flexibility index (Phi) is 5.13. The Morgan fingerprint density at radius 2 is 1.94 bits per heavy atom. The molecule has 0 aromatic heterocycles. The van der Waals surface area contributed by atoms with Crippen molar-refractivity contribution in [1.29, 1.82) is 0 Å². The molecular weight excluding hydrogens is 232 g/mol. The standard InChI is InChI=1S/C14H23ClN2/c1-6-10(2)11(3)16-13-9-12(15)7-8-14(13)17(4)5/h7-11,16H,6H2,1-5H3. The van der Waals surface area contributed by atoms with E-state index in [2.05, 4.69) is 31.0 Å². The first-order valence-electron chi connectivity index (χ1n) is 6.19. The highest BCUT2D eigenvalue weighted by Gasteiger charge is 2.13. The molecule has 0 aliphatic rings. The molecule has 2 unspecified atom stereocenters. The van der Waals surface area contributed by atoms with Gasteiger partial charge in [-0.15, -0.1) is 0 Å². The van der Waals surface area contributed by atoms with Gasteiger partial charge >= 0.3 is 0 Å². The molecule has 0 fully saturated rings. The van der Waals surface area contributed by atoms with Crippen molar-refractivity contribution in [3.8, 4) is 0 Å². The number of hydrogen-bond acceptors (Lipinski definition) is 2. The maximum absolute atomic E-state index is 6.06. The lowest BCUT2D eigenvalue weighted by atomic mass is 10.0. The summed E-state index contributed by atoms with van der Waals surface area (Å²) >= 11 is 6.06. The molecule has 0 aliphatic heterocycles. The molecular formula is C14H23ClN2. The predicted molar refractivity (Wildman–Crippen MR) is 78.3 cm³/mol. The van der Waals surface area contributed by atoms with Gasteiger partial charge in [-0.25, -0.2) is 0 Å². The maximum Gasteiger partial charge on any atom is 0.0597 e. The van der Waals surface area contributed by atoms with Gasteiger partial charge in [0.05, 0.1) is 11.4 Å². The molecule has 0 saturated carbocycles. The van der Waals surface area contributed by atoms with Gasteiger partial charge in [0.2, 0.25) is 0 Å². The fourth-order valence-corrected chi connectivity index (χ4v) is 1.93. The Bertz CT molecular complexity index is 363. The van der Waals surface area contributed by atoms with Crippen LogP contribution in [0.5, 0.6) is 0 Å². The number of nitrogens with zero attached hydrogens (tertiary/aromatic N) is 1. The highest BCUT2D eigenvalue weighted by molar-refractivity contribution is 6.31. The van der Waals surface area contributed by atoms with Crippen molar-refractivity contribution in [3.63, 3.8) is 0 Å². The van der Waals surface area contributed by atoms with Gasteiger partial charge in [-0.3, -0.25) is 0 Å². The number of anilines is 2. The second-order valence-corrected chi connectivity index (χ2v) is 5.31. The van der Waals surface area contributed by atoms with E-state index in [1.165, 1.54) is 12.1 Å². The van der Waals surface area contributed by atoms with Crippen LogP contribution in [0, 0.1) is 5.92 Å². The lowest BCUT2D eigenvalue weighted by Gasteiger charge is -2.25. The zero-order chi connectivity index (χ0) is 13.0. The largest absolute Gasteiger partial charge is 0.381 e. The fraction of sp³-hybridized carbons (Fsp3) is 0.571. The molecule has 3 heteroatoms. The molecule has 1 aromatic rings. The Morgan fingerprint density at radius 3 is 2.47 bits per heavy atom. The Labute approximate surface area is 110 Å².